The molecule has 3 rings (SSSR count). The van der Waals surface area contributed by atoms with Crippen molar-refractivity contribution in [1.29, 1.82) is 5.41 Å². The van der Waals surface area contributed by atoms with Crippen LogP contribution in [-0.2, 0) is 11.3 Å². The Kier molecular flexibility index (Phi) is 11.5. The standard InChI is InChI=1S/C31H44N8O5/c1-19(2)10-14-39-18-22(17-25(39)29(42)34-11-6-7-26(32)33)37-28(41)24-16-21-15-20(8-9-23(21)38-24)27(40)35-12-13-36-30(43)44-31(3,4)5/h8-9,15-19,38H,6-7,10-14H2,1-5H3,(H3,32,33)(H,34,42)(H,35,40)(H,36,43)(H,37,41). The van der Waals surface area contributed by atoms with E-state index in [1.807, 2.05) is 4.57 Å². The van der Waals surface area contributed by atoms with Crippen LogP contribution < -0.4 is 27.0 Å². The van der Waals surface area contributed by atoms with E-state index in [1.54, 1.807) is 57.3 Å². The molecule has 0 unspecified atom stereocenters. The summed E-state index contributed by atoms with van der Waals surface area (Å²) in [5.41, 5.74) is 7.07. The van der Waals surface area contributed by atoms with Gasteiger partial charge in [0, 0.05) is 55.3 Å². The van der Waals surface area contributed by atoms with Crippen LogP contribution in [0.3, 0.4) is 0 Å². The van der Waals surface area contributed by atoms with Gasteiger partial charge in [0.25, 0.3) is 17.7 Å². The Bertz CT molecular complexity index is 1500. The molecule has 13 heteroatoms. The molecule has 0 saturated carbocycles. The van der Waals surface area contributed by atoms with Gasteiger partial charge in [-0.1, -0.05) is 13.8 Å². The lowest BCUT2D eigenvalue weighted by Crippen LogP contribution is -2.37. The Balaban J connectivity index is 1.63. The van der Waals surface area contributed by atoms with Crippen LogP contribution >= 0.6 is 0 Å². The first-order valence-corrected chi connectivity index (χ1v) is 14.7. The molecular formula is C31H44N8O5. The normalized spacial score (nSPS) is 11.3. The number of H-pyrrole nitrogens is 1. The highest BCUT2D eigenvalue weighted by Gasteiger charge is 2.18. The number of aromatic nitrogens is 2. The number of benzene rings is 1. The molecule has 44 heavy (non-hydrogen) atoms. The molecule has 4 amide bonds. The van der Waals surface area contributed by atoms with Crippen molar-refractivity contribution in [3.63, 3.8) is 0 Å². The van der Waals surface area contributed by atoms with Crippen LogP contribution in [0.1, 0.15) is 85.2 Å². The number of amidine groups is 1. The third-order valence-electron chi connectivity index (χ3n) is 6.45. The number of ether oxygens (including phenoxy) is 1. The summed E-state index contributed by atoms with van der Waals surface area (Å²) in [6, 6.07) is 8.34. The van der Waals surface area contributed by atoms with E-state index in [2.05, 4.69) is 40.1 Å². The molecule has 8 N–H and O–H groups in total. The number of nitrogens with zero attached hydrogens (tertiary/aromatic N) is 1. The zero-order valence-electron chi connectivity index (χ0n) is 26.1. The number of hydrogen-bond donors (Lipinski definition) is 7. The molecule has 0 aliphatic rings. The molecule has 13 nitrogen and oxygen atoms in total. The fraction of sp³-hybridized carbons (Fsp3) is 0.452. The maximum absolute atomic E-state index is 13.1. The number of nitrogens with two attached hydrogens (primary N) is 1. The Morgan fingerprint density at radius 3 is 2.36 bits per heavy atom. The first-order chi connectivity index (χ1) is 20.7. The summed E-state index contributed by atoms with van der Waals surface area (Å²) >= 11 is 0. The van der Waals surface area contributed by atoms with E-state index in [9.17, 15) is 19.2 Å². The number of amides is 4. The van der Waals surface area contributed by atoms with E-state index in [1.165, 1.54) is 0 Å². The Morgan fingerprint density at radius 1 is 0.977 bits per heavy atom. The summed E-state index contributed by atoms with van der Waals surface area (Å²) in [5.74, 6) is -0.482. The maximum atomic E-state index is 13.1. The fourth-order valence-corrected chi connectivity index (χ4v) is 4.27. The molecule has 0 radical (unpaired) electrons. The van der Waals surface area contributed by atoms with Crippen LogP contribution in [0.25, 0.3) is 10.9 Å². The number of aryl methyl sites for hydroxylation is 1. The number of rotatable bonds is 14. The summed E-state index contributed by atoms with van der Waals surface area (Å²) in [5, 5.41) is 19.1. The van der Waals surface area contributed by atoms with Crippen molar-refractivity contribution in [3.8, 4) is 0 Å². The molecule has 0 saturated heterocycles. The maximum Gasteiger partial charge on any atom is 0.407 e. The number of hydrogen-bond acceptors (Lipinski definition) is 6. The van der Waals surface area contributed by atoms with Crippen molar-refractivity contribution in [3.05, 3.63) is 53.5 Å². The van der Waals surface area contributed by atoms with Gasteiger partial charge < -0.3 is 41.3 Å². The van der Waals surface area contributed by atoms with Crippen molar-refractivity contribution in [2.45, 2.75) is 66.0 Å². The van der Waals surface area contributed by atoms with Crippen LogP contribution in [0.15, 0.2) is 36.5 Å². The van der Waals surface area contributed by atoms with Gasteiger partial charge in [0.15, 0.2) is 0 Å². The molecule has 0 atom stereocenters. The van der Waals surface area contributed by atoms with E-state index < -0.39 is 17.6 Å². The van der Waals surface area contributed by atoms with Gasteiger partial charge in [0.05, 0.1) is 11.5 Å². The smallest absolute Gasteiger partial charge is 0.407 e. The zero-order valence-corrected chi connectivity index (χ0v) is 26.1. The summed E-state index contributed by atoms with van der Waals surface area (Å²) < 4.78 is 7.00. The number of fused-ring (bicyclic) bond motifs is 1. The van der Waals surface area contributed by atoms with Crippen LogP contribution in [0.2, 0.25) is 0 Å². The van der Waals surface area contributed by atoms with E-state index in [-0.39, 0.29) is 30.7 Å². The summed E-state index contributed by atoms with van der Waals surface area (Å²) in [6.07, 6.45) is 3.00. The van der Waals surface area contributed by atoms with Gasteiger partial charge in [0.2, 0.25) is 0 Å². The molecule has 0 aliphatic carbocycles. The number of alkyl carbamates (subject to hydrolysis) is 1. The second-order valence-corrected chi connectivity index (χ2v) is 12.0. The van der Waals surface area contributed by atoms with E-state index in [4.69, 9.17) is 15.9 Å². The average molecular weight is 609 g/mol. The second-order valence-electron chi connectivity index (χ2n) is 12.0. The molecule has 0 aliphatic heterocycles. The fourth-order valence-electron chi connectivity index (χ4n) is 4.27. The lowest BCUT2D eigenvalue weighted by atomic mass is 10.1. The second kappa shape index (κ2) is 15.1. The van der Waals surface area contributed by atoms with E-state index in [0.29, 0.717) is 65.4 Å². The molecule has 2 heterocycles. The lowest BCUT2D eigenvalue weighted by Gasteiger charge is -2.19. The van der Waals surface area contributed by atoms with Crippen LogP contribution in [-0.4, -0.2) is 64.4 Å². The van der Waals surface area contributed by atoms with Crippen molar-refractivity contribution in [1.82, 2.24) is 25.5 Å². The van der Waals surface area contributed by atoms with Crippen LogP contribution in [0.4, 0.5) is 10.5 Å². The van der Waals surface area contributed by atoms with Crippen molar-refractivity contribution in [2.75, 3.05) is 25.0 Å². The first-order valence-electron chi connectivity index (χ1n) is 14.7. The molecule has 0 spiro atoms. The van der Waals surface area contributed by atoms with Gasteiger partial charge in [-0.3, -0.25) is 19.8 Å². The molecule has 2 aromatic heterocycles. The Hall–Kier alpha value is -4.81. The van der Waals surface area contributed by atoms with E-state index >= 15 is 0 Å². The summed E-state index contributed by atoms with van der Waals surface area (Å²) in [7, 11) is 0. The highest BCUT2D eigenvalue weighted by Crippen LogP contribution is 2.21. The molecule has 0 fully saturated rings. The minimum atomic E-state index is -0.606. The molecule has 238 valence electrons. The topological polar surface area (TPSA) is 196 Å². The average Bonchev–Trinajstić information content (AvgIpc) is 3.54. The minimum Gasteiger partial charge on any atom is -0.444 e. The van der Waals surface area contributed by atoms with Crippen LogP contribution in [0.5, 0.6) is 0 Å². The SMILES string of the molecule is CC(C)CCn1cc(NC(=O)c2cc3cc(C(=O)NCCNC(=O)OC(C)(C)C)ccc3[nH]2)cc1C(=O)NCCCC(=N)N. The van der Waals surface area contributed by atoms with Gasteiger partial charge >= 0.3 is 6.09 Å². The predicted octanol–water partition coefficient (Wildman–Crippen LogP) is 3.97. The Morgan fingerprint density at radius 2 is 1.68 bits per heavy atom. The van der Waals surface area contributed by atoms with Gasteiger partial charge in [-0.2, -0.15) is 0 Å². The number of anilines is 1. The molecule has 0 bridgehead atoms. The number of carbonyl (C=O) groups excluding carboxylic acids is 4. The number of aromatic amines is 1. The van der Waals surface area contributed by atoms with Crippen molar-refractivity contribution in [2.24, 2.45) is 11.7 Å². The van der Waals surface area contributed by atoms with Crippen molar-refractivity contribution < 1.29 is 23.9 Å². The van der Waals surface area contributed by atoms with Gasteiger partial charge in [-0.05, 0) is 69.9 Å². The first kappa shape index (κ1) is 33.7. The largest absolute Gasteiger partial charge is 0.444 e. The van der Waals surface area contributed by atoms with Crippen LogP contribution in [0, 0.1) is 11.3 Å². The highest BCUT2D eigenvalue weighted by atomic mass is 16.6. The summed E-state index contributed by atoms with van der Waals surface area (Å²) in [4.78, 5) is 53.5. The quantitative estimate of drug-likeness (QED) is 0.0821. The minimum absolute atomic E-state index is 0.0747. The number of nitrogens with one attached hydrogen (secondary N) is 6. The molecule has 1 aromatic carbocycles. The summed E-state index contributed by atoms with van der Waals surface area (Å²) in [6.45, 7) is 10.9. The monoisotopic (exact) mass is 608 g/mol. The third kappa shape index (κ3) is 10.5. The molecule has 3 aromatic rings. The zero-order chi connectivity index (χ0) is 32.4. The van der Waals surface area contributed by atoms with Crippen molar-refractivity contribution >= 4 is 46.2 Å². The van der Waals surface area contributed by atoms with Gasteiger partial charge in [0.1, 0.15) is 17.0 Å². The van der Waals surface area contributed by atoms with Gasteiger partial charge in [-0.15, -0.1) is 0 Å². The van der Waals surface area contributed by atoms with E-state index in [0.717, 1.165) is 6.42 Å². The predicted molar refractivity (Wildman–Crippen MR) is 170 cm³/mol. The Labute approximate surface area is 257 Å². The van der Waals surface area contributed by atoms with Gasteiger partial charge in [-0.25, -0.2) is 4.79 Å². The lowest BCUT2D eigenvalue weighted by molar-refractivity contribution is 0.0526. The highest BCUT2D eigenvalue weighted by molar-refractivity contribution is 6.07. The third-order valence-corrected chi connectivity index (χ3v) is 6.45. The number of carbonyl (C=O) groups is 4. The molecular weight excluding hydrogens is 564 g/mol.